The lowest BCUT2D eigenvalue weighted by molar-refractivity contribution is 0.00334. The molecule has 0 aromatic carbocycles. The Morgan fingerprint density at radius 3 is 2.60 bits per heavy atom. The average molecular weight is 350 g/mol. The van der Waals surface area contributed by atoms with E-state index in [2.05, 4.69) is 15.1 Å². The van der Waals surface area contributed by atoms with Gasteiger partial charge in [-0.15, -0.1) is 0 Å². The van der Waals surface area contributed by atoms with Crippen LogP contribution in [0.15, 0.2) is 18.3 Å². The lowest BCUT2D eigenvalue weighted by Gasteiger charge is -2.40. The van der Waals surface area contributed by atoms with Crippen LogP contribution in [-0.4, -0.2) is 58.4 Å². The fourth-order valence-electron chi connectivity index (χ4n) is 2.88. The Morgan fingerprint density at radius 1 is 1.32 bits per heavy atom. The zero-order valence-corrected chi connectivity index (χ0v) is 14.3. The lowest BCUT2D eigenvalue weighted by atomic mass is 10.1. The number of fused-ring (bicyclic) bond motifs is 1. The van der Waals surface area contributed by atoms with E-state index in [1.165, 1.54) is 13.3 Å². The van der Waals surface area contributed by atoms with E-state index in [9.17, 15) is 9.59 Å². The normalized spacial score (nSPS) is 21.8. The van der Waals surface area contributed by atoms with Crippen molar-refractivity contribution >= 4 is 17.9 Å². The predicted molar refractivity (Wildman–Crippen MR) is 92.9 cm³/mol. The summed E-state index contributed by atoms with van der Waals surface area (Å²) in [5, 5.41) is 1.99. The van der Waals surface area contributed by atoms with Crippen molar-refractivity contribution in [3.63, 3.8) is 0 Å². The zero-order chi connectivity index (χ0) is 17.5. The number of methoxy groups -OCH3 is 1. The first-order chi connectivity index (χ1) is 11.3. The van der Waals surface area contributed by atoms with Gasteiger partial charge in [0.2, 0.25) is 0 Å². The van der Waals surface area contributed by atoms with Crippen LogP contribution in [0.3, 0.4) is 0 Å². The van der Waals surface area contributed by atoms with Gasteiger partial charge in [-0.3, -0.25) is 4.90 Å². The summed E-state index contributed by atoms with van der Waals surface area (Å²) in [4.78, 5) is 29.6. The van der Waals surface area contributed by atoms with E-state index in [0.29, 0.717) is 17.9 Å². The SMILES string of the molecule is C.COC(=O)c1ccc(NN2C3CC2N(C(=O)OC(C)(C)C)C3)nc1. The summed E-state index contributed by atoms with van der Waals surface area (Å²) < 4.78 is 10.1. The van der Waals surface area contributed by atoms with Crippen molar-refractivity contribution in [1.82, 2.24) is 14.9 Å². The third kappa shape index (κ3) is 3.84. The van der Waals surface area contributed by atoms with Gasteiger partial charge in [0.15, 0.2) is 0 Å². The Morgan fingerprint density at radius 2 is 2.04 bits per heavy atom. The Bertz CT molecular complexity index is 641. The molecule has 1 aromatic heterocycles. The highest BCUT2D eigenvalue weighted by atomic mass is 16.6. The summed E-state index contributed by atoms with van der Waals surface area (Å²) in [7, 11) is 1.33. The van der Waals surface area contributed by atoms with Gasteiger partial charge in [-0.1, -0.05) is 7.43 Å². The molecular weight excluding hydrogens is 324 g/mol. The molecular formula is C17H26N4O4. The molecule has 2 bridgehead atoms. The maximum Gasteiger partial charge on any atom is 0.411 e. The monoisotopic (exact) mass is 350 g/mol. The van der Waals surface area contributed by atoms with Crippen molar-refractivity contribution < 1.29 is 19.1 Å². The molecule has 2 unspecified atom stereocenters. The molecule has 138 valence electrons. The molecule has 2 atom stereocenters. The molecule has 1 aromatic rings. The van der Waals surface area contributed by atoms with Crippen LogP contribution in [0, 0.1) is 0 Å². The number of pyridine rings is 1. The molecule has 3 aliphatic heterocycles. The van der Waals surface area contributed by atoms with Gasteiger partial charge >= 0.3 is 12.1 Å². The molecule has 0 saturated carbocycles. The van der Waals surface area contributed by atoms with E-state index in [1.807, 2.05) is 25.8 Å². The Balaban J connectivity index is 0.00000225. The second kappa shape index (κ2) is 6.87. The van der Waals surface area contributed by atoms with Crippen molar-refractivity contribution in [3.8, 4) is 0 Å². The number of hydrogen-bond acceptors (Lipinski definition) is 7. The summed E-state index contributed by atoms with van der Waals surface area (Å²) in [6.45, 7) is 6.20. The Labute approximate surface area is 148 Å². The number of hydrogen-bond donors (Lipinski definition) is 1. The van der Waals surface area contributed by atoms with Crippen molar-refractivity contribution in [2.75, 3.05) is 19.1 Å². The molecule has 8 heteroatoms. The minimum atomic E-state index is -0.506. The fourth-order valence-corrected chi connectivity index (χ4v) is 2.88. The van der Waals surface area contributed by atoms with Gasteiger partial charge in [-0.2, -0.15) is 5.01 Å². The van der Waals surface area contributed by atoms with Gasteiger partial charge in [-0.25, -0.2) is 14.6 Å². The second-order valence-electron chi connectivity index (χ2n) is 6.95. The summed E-state index contributed by atoms with van der Waals surface area (Å²) in [5.41, 5.74) is 3.08. The number of amides is 1. The van der Waals surface area contributed by atoms with Crippen LogP contribution in [-0.2, 0) is 9.47 Å². The van der Waals surface area contributed by atoms with E-state index < -0.39 is 11.6 Å². The van der Waals surface area contributed by atoms with Crippen molar-refractivity contribution in [2.45, 2.75) is 52.4 Å². The molecule has 0 radical (unpaired) electrons. The summed E-state index contributed by atoms with van der Waals surface area (Å²) in [6.07, 6.45) is 2.04. The molecule has 3 aliphatic rings. The number of carbonyl (C=O) groups excluding carboxylic acids is 2. The largest absolute Gasteiger partial charge is 0.465 e. The zero-order valence-electron chi connectivity index (χ0n) is 14.3. The molecule has 4 rings (SSSR count). The number of anilines is 1. The summed E-state index contributed by atoms with van der Waals surface area (Å²) >= 11 is 0. The molecule has 0 aliphatic carbocycles. The van der Waals surface area contributed by atoms with Crippen molar-refractivity contribution in [1.29, 1.82) is 0 Å². The van der Waals surface area contributed by atoms with Crippen molar-refractivity contribution in [2.24, 2.45) is 0 Å². The predicted octanol–water partition coefficient (Wildman–Crippen LogP) is 2.48. The number of hydrazine groups is 1. The lowest BCUT2D eigenvalue weighted by Crippen LogP contribution is -2.55. The van der Waals surface area contributed by atoms with Crippen LogP contribution in [0.25, 0.3) is 0 Å². The number of nitrogens with one attached hydrogen (secondary N) is 1. The number of esters is 1. The molecule has 0 spiro atoms. The maximum absolute atomic E-state index is 12.2. The smallest absolute Gasteiger partial charge is 0.411 e. The van der Waals surface area contributed by atoms with Gasteiger partial charge in [0, 0.05) is 19.2 Å². The quantitative estimate of drug-likeness (QED) is 0.838. The van der Waals surface area contributed by atoms with Crippen LogP contribution in [0.5, 0.6) is 0 Å². The van der Waals surface area contributed by atoms with E-state index in [1.54, 1.807) is 17.0 Å². The van der Waals surface area contributed by atoms with E-state index in [0.717, 1.165) is 6.42 Å². The summed E-state index contributed by atoms with van der Waals surface area (Å²) in [5.74, 6) is 0.192. The van der Waals surface area contributed by atoms with Gasteiger partial charge in [-0.05, 0) is 32.9 Å². The van der Waals surface area contributed by atoms with Crippen molar-refractivity contribution in [3.05, 3.63) is 23.9 Å². The minimum absolute atomic E-state index is 0. The first-order valence-electron chi connectivity index (χ1n) is 7.87. The number of ether oxygens (including phenoxy) is 2. The molecule has 1 N–H and O–H groups in total. The summed E-state index contributed by atoms with van der Waals surface area (Å²) in [6, 6.07) is 3.60. The van der Waals surface area contributed by atoms with Crippen LogP contribution in [0.4, 0.5) is 10.6 Å². The third-order valence-corrected chi connectivity index (χ3v) is 4.02. The van der Waals surface area contributed by atoms with Crippen LogP contribution in [0.2, 0.25) is 0 Å². The molecule has 25 heavy (non-hydrogen) atoms. The highest BCUT2D eigenvalue weighted by Crippen LogP contribution is 2.37. The highest BCUT2D eigenvalue weighted by molar-refractivity contribution is 5.89. The van der Waals surface area contributed by atoms with E-state index in [4.69, 9.17) is 4.74 Å². The first-order valence-corrected chi connectivity index (χ1v) is 7.87. The van der Waals surface area contributed by atoms with Crippen LogP contribution >= 0.6 is 0 Å². The third-order valence-electron chi connectivity index (χ3n) is 4.02. The average Bonchev–Trinajstić information content (AvgIpc) is 3.10. The molecule has 3 saturated heterocycles. The van der Waals surface area contributed by atoms with Crippen LogP contribution < -0.4 is 5.43 Å². The Hall–Kier alpha value is -2.35. The maximum atomic E-state index is 12.2. The van der Waals surface area contributed by atoms with E-state index in [-0.39, 0.29) is 25.7 Å². The van der Waals surface area contributed by atoms with Gasteiger partial charge in [0.05, 0.1) is 18.7 Å². The minimum Gasteiger partial charge on any atom is -0.465 e. The number of nitrogens with zero attached hydrogens (tertiary/aromatic N) is 3. The topological polar surface area (TPSA) is 84.0 Å². The fraction of sp³-hybridized carbons (Fsp3) is 0.588. The molecule has 4 heterocycles. The van der Waals surface area contributed by atoms with Gasteiger partial charge in [0.25, 0.3) is 0 Å². The number of rotatable bonds is 3. The van der Waals surface area contributed by atoms with Crippen LogP contribution in [0.1, 0.15) is 45.0 Å². The second-order valence-corrected chi connectivity index (χ2v) is 6.95. The molecule has 1 amide bonds. The Kier molecular flexibility index (Phi) is 5.22. The first kappa shape index (κ1) is 19.0. The van der Waals surface area contributed by atoms with Gasteiger partial charge < -0.3 is 14.9 Å². The number of aromatic nitrogens is 1. The molecule has 3 fully saturated rings. The number of carbonyl (C=O) groups is 2. The van der Waals surface area contributed by atoms with Gasteiger partial charge in [0.1, 0.15) is 17.6 Å². The standard InChI is InChI=1S/C16H22N4O4.CH4/c1-16(2,3)24-15(22)19-9-11-7-13(19)20(11)18-12-6-5-10(8-17-12)14(21)23-4;/h5-6,8,11,13H,7,9H2,1-4H3,(H,17,18);1H4. The molecule has 8 nitrogen and oxygen atoms in total. The van der Waals surface area contributed by atoms with E-state index >= 15 is 0 Å². The highest BCUT2D eigenvalue weighted by Gasteiger charge is 2.53.